The number of benzene rings is 2. The molecule has 1 nitrogen and oxygen atoms in total. The van der Waals surface area contributed by atoms with Gasteiger partial charge in [0, 0.05) is 9.89 Å². The maximum atomic E-state index is 5.44. The molecule has 2 aliphatic carbocycles. The summed E-state index contributed by atoms with van der Waals surface area (Å²) < 4.78 is 6.67. The molecular formula is C20H19BrO. The van der Waals surface area contributed by atoms with Crippen molar-refractivity contribution < 1.29 is 4.74 Å². The van der Waals surface area contributed by atoms with Gasteiger partial charge in [-0.25, -0.2) is 0 Å². The Morgan fingerprint density at radius 1 is 1.05 bits per heavy atom. The molecule has 0 aliphatic heterocycles. The Labute approximate surface area is 140 Å². The van der Waals surface area contributed by atoms with Gasteiger partial charge >= 0.3 is 0 Å². The predicted octanol–water partition coefficient (Wildman–Crippen LogP) is 5.30. The van der Waals surface area contributed by atoms with E-state index in [-0.39, 0.29) is 5.41 Å². The molecule has 0 fully saturated rings. The van der Waals surface area contributed by atoms with Gasteiger partial charge < -0.3 is 4.74 Å². The first-order valence-electron chi connectivity index (χ1n) is 7.70. The van der Waals surface area contributed by atoms with Gasteiger partial charge in [0.15, 0.2) is 0 Å². The third kappa shape index (κ3) is 1.83. The Hall–Kier alpha value is -1.54. The molecule has 0 amide bonds. The molecule has 0 saturated carbocycles. The van der Waals surface area contributed by atoms with Crippen LogP contribution in [0.4, 0.5) is 0 Å². The largest absolute Gasteiger partial charge is 0.497 e. The van der Waals surface area contributed by atoms with E-state index in [2.05, 4.69) is 66.2 Å². The van der Waals surface area contributed by atoms with Crippen LogP contribution in [0.2, 0.25) is 0 Å². The van der Waals surface area contributed by atoms with Gasteiger partial charge in [0.2, 0.25) is 0 Å². The summed E-state index contributed by atoms with van der Waals surface area (Å²) in [4.78, 5) is 0. The number of ether oxygens (including phenoxy) is 1. The maximum Gasteiger partial charge on any atom is 0.119 e. The van der Waals surface area contributed by atoms with Crippen LogP contribution in [0.1, 0.15) is 36.1 Å². The molecule has 0 saturated heterocycles. The lowest BCUT2D eigenvalue weighted by atomic mass is 9.69. The molecule has 0 N–H and O–H groups in total. The van der Waals surface area contributed by atoms with E-state index < -0.39 is 0 Å². The van der Waals surface area contributed by atoms with Gasteiger partial charge in [-0.15, -0.1) is 0 Å². The Morgan fingerprint density at radius 3 is 2.64 bits per heavy atom. The number of fused-ring (bicyclic) bond motifs is 3. The summed E-state index contributed by atoms with van der Waals surface area (Å²) >= 11 is 3.76. The fourth-order valence-corrected chi connectivity index (χ4v) is 4.71. The Morgan fingerprint density at radius 2 is 1.86 bits per heavy atom. The summed E-state index contributed by atoms with van der Waals surface area (Å²) in [5.41, 5.74) is 8.85. The first kappa shape index (κ1) is 14.1. The first-order chi connectivity index (χ1) is 10.5. The van der Waals surface area contributed by atoms with E-state index in [0.717, 1.165) is 18.6 Å². The van der Waals surface area contributed by atoms with E-state index in [1.807, 2.05) is 0 Å². The standard InChI is InChI=1S/C20H19BrO/c1-20(2)16-11-14(22-3)8-7-12(16)9-15-17(20)10-13-5-4-6-18(21)19(13)15/h4-8,11H,9-10H2,1-3H3. The second-order valence-corrected chi connectivity index (χ2v) is 7.59. The van der Waals surface area contributed by atoms with Crippen molar-refractivity contribution in [3.8, 4) is 5.75 Å². The minimum atomic E-state index is 0.0515. The summed E-state index contributed by atoms with van der Waals surface area (Å²) in [6, 6.07) is 13.1. The van der Waals surface area contributed by atoms with Crippen molar-refractivity contribution in [3.63, 3.8) is 0 Å². The van der Waals surface area contributed by atoms with Crippen molar-refractivity contribution in [2.75, 3.05) is 7.11 Å². The molecule has 0 atom stereocenters. The van der Waals surface area contributed by atoms with Crippen LogP contribution in [-0.4, -0.2) is 7.11 Å². The van der Waals surface area contributed by atoms with Crippen molar-refractivity contribution in [3.05, 3.63) is 68.7 Å². The van der Waals surface area contributed by atoms with Crippen LogP contribution < -0.4 is 4.74 Å². The Balaban J connectivity index is 1.92. The molecule has 2 aromatic rings. The normalized spacial score (nSPS) is 17.8. The number of hydrogen-bond donors (Lipinski definition) is 0. The van der Waals surface area contributed by atoms with Gasteiger partial charge in [0.1, 0.15) is 5.75 Å². The van der Waals surface area contributed by atoms with Crippen LogP contribution in [0.3, 0.4) is 0 Å². The number of methoxy groups -OCH3 is 1. The van der Waals surface area contributed by atoms with Crippen LogP contribution in [0, 0.1) is 0 Å². The van der Waals surface area contributed by atoms with Gasteiger partial charge in [0.05, 0.1) is 7.11 Å². The van der Waals surface area contributed by atoms with E-state index in [0.29, 0.717) is 0 Å². The SMILES string of the molecule is COc1ccc2c(c1)C(C)(C)C1=C(C2)c2c(Br)cccc2C1. The zero-order chi connectivity index (χ0) is 15.5. The van der Waals surface area contributed by atoms with Crippen LogP contribution in [0.5, 0.6) is 5.75 Å². The molecule has 2 aliphatic rings. The van der Waals surface area contributed by atoms with Crippen LogP contribution in [0.15, 0.2) is 46.4 Å². The molecule has 4 rings (SSSR count). The highest BCUT2D eigenvalue weighted by Gasteiger charge is 2.39. The fraction of sp³-hybridized carbons (Fsp3) is 0.300. The van der Waals surface area contributed by atoms with Gasteiger partial charge in [0.25, 0.3) is 0 Å². The summed E-state index contributed by atoms with van der Waals surface area (Å²) in [5.74, 6) is 0.951. The molecule has 0 radical (unpaired) electrons. The zero-order valence-electron chi connectivity index (χ0n) is 13.2. The average molecular weight is 355 g/mol. The molecule has 22 heavy (non-hydrogen) atoms. The quantitative estimate of drug-likeness (QED) is 0.674. The average Bonchev–Trinajstić information content (AvgIpc) is 2.88. The van der Waals surface area contributed by atoms with Crippen molar-refractivity contribution in [2.24, 2.45) is 0 Å². The third-order valence-electron chi connectivity index (χ3n) is 5.25. The van der Waals surface area contributed by atoms with Gasteiger partial charge in [-0.3, -0.25) is 0 Å². The highest BCUT2D eigenvalue weighted by molar-refractivity contribution is 9.10. The van der Waals surface area contributed by atoms with Crippen molar-refractivity contribution >= 4 is 21.5 Å². The van der Waals surface area contributed by atoms with Gasteiger partial charge in [-0.1, -0.05) is 53.5 Å². The van der Waals surface area contributed by atoms with E-state index in [1.165, 1.54) is 32.3 Å². The summed E-state index contributed by atoms with van der Waals surface area (Å²) in [6.45, 7) is 4.69. The summed E-state index contributed by atoms with van der Waals surface area (Å²) in [7, 11) is 1.74. The Kier molecular flexibility index (Phi) is 3.02. The van der Waals surface area contributed by atoms with E-state index in [9.17, 15) is 0 Å². The first-order valence-corrected chi connectivity index (χ1v) is 8.49. The van der Waals surface area contributed by atoms with Crippen LogP contribution in [0.25, 0.3) is 5.57 Å². The summed E-state index contributed by atoms with van der Waals surface area (Å²) in [6.07, 6.45) is 2.08. The third-order valence-corrected chi connectivity index (χ3v) is 5.91. The smallest absolute Gasteiger partial charge is 0.119 e. The lowest BCUT2D eigenvalue weighted by Crippen LogP contribution is -2.26. The topological polar surface area (TPSA) is 9.23 Å². The predicted molar refractivity (Wildman–Crippen MR) is 94.5 cm³/mol. The molecule has 0 aromatic heterocycles. The van der Waals surface area contributed by atoms with E-state index >= 15 is 0 Å². The van der Waals surface area contributed by atoms with E-state index in [1.54, 1.807) is 12.7 Å². The lowest BCUT2D eigenvalue weighted by Gasteiger charge is -2.35. The maximum absolute atomic E-state index is 5.44. The molecular weight excluding hydrogens is 336 g/mol. The number of halogens is 1. The van der Waals surface area contributed by atoms with Crippen LogP contribution >= 0.6 is 15.9 Å². The molecule has 0 unspecified atom stereocenters. The minimum Gasteiger partial charge on any atom is -0.497 e. The van der Waals surface area contributed by atoms with Crippen LogP contribution in [-0.2, 0) is 18.3 Å². The molecule has 0 bridgehead atoms. The molecule has 112 valence electrons. The second kappa shape index (κ2) is 4.73. The highest BCUT2D eigenvalue weighted by Crippen LogP contribution is 2.51. The Bertz CT molecular complexity index is 814. The van der Waals surface area contributed by atoms with E-state index in [4.69, 9.17) is 4.74 Å². The number of rotatable bonds is 1. The van der Waals surface area contributed by atoms with Gasteiger partial charge in [-0.05, 0) is 58.9 Å². The highest BCUT2D eigenvalue weighted by atomic mass is 79.9. The number of hydrogen-bond acceptors (Lipinski definition) is 1. The van der Waals surface area contributed by atoms with Crippen molar-refractivity contribution in [2.45, 2.75) is 32.1 Å². The monoisotopic (exact) mass is 354 g/mol. The molecule has 0 spiro atoms. The number of allylic oxidation sites excluding steroid dienone is 2. The summed E-state index contributed by atoms with van der Waals surface area (Å²) in [5, 5.41) is 0. The second-order valence-electron chi connectivity index (χ2n) is 6.73. The molecule has 2 aromatic carbocycles. The van der Waals surface area contributed by atoms with Crippen molar-refractivity contribution in [1.82, 2.24) is 0 Å². The minimum absolute atomic E-state index is 0.0515. The van der Waals surface area contributed by atoms with Gasteiger partial charge in [-0.2, -0.15) is 0 Å². The molecule has 2 heteroatoms. The molecule has 0 heterocycles. The van der Waals surface area contributed by atoms with Crippen molar-refractivity contribution in [1.29, 1.82) is 0 Å². The fourth-order valence-electron chi connectivity index (χ4n) is 4.07. The zero-order valence-corrected chi connectivity index (χ0v) is 14.8. The lowest BCUT2D eigenvalue weighted by molar-refractivity contribution is 0.412.